The third kappa shape index (κ3) is 4.50. The van der Waals surface area contributed by atoms with Gasteiger partial charge in [-0.1, -0.05) is 12.8 Å². The smallest absolute Gasteiger partial charge is 0.132 e. The predicted molar refractivity (Wildman–Crippen MR) is 90.4 cm³/mol. The van der Waals surface area contributed by atoms with Crippen LogP contribution in [0, 0.1) is 0 Å². The third-order valence-corrected chi connectivity index (χ3v) is 4.73. The van der Waals surface area contributed by atoms with Gasteiger partial charge in [-0.05, 0) is 50.1 Å². The molecule has 1 saturated heterocycles. The maximum absolute atomic E-state index is 10.5. The number of nitrogens with zero attached hydrogens (tertiary/aromatic N) is 1. The van der Waals surface area contributed by atoms with Gasteiger partial charge < -0.3 is 18.7 Å². The van der Waals surface area contributed by atoms with Gasteiger partial charge in [-0.2, -0.15) is 0 Å². The fourth-order valence-electron chi connectivity index (χ4n) is 3.49. The van der Waals surface area contributed by atoms with Crippen molar-refractivity contribution in [1.29, 1.82) is 0 Å². The quantitative estimate of drug-likeness (QED) is 0.833. The fourth-order valence-corrected chi connectivity index (χ4v) is 3.49. The van der Waals surface area contributed by atoms with E-state index in [0.29, 0.717) is 24.8 Å². The van der Waals surface area contributed by atoms with Crippen LogP contribution in [0.3, 0.4) is 0 Å². The highest BCUT2D eigenvalue weighted by atomic mass is 16.5. The number of aliphatic hydroxyl groups excluding tert-OH is 1. The zero-order chi connectivity index (χ0) is 16.8. The van der Waals surface area contributed by atoms with Crippen molar-refractivity contribution in [2.75, 3.05) is 13.7 Å². The van der Waals surface area contributed by atoms with Crippen LogP contribution in [0.15, 0.2) is 39.4 Å². The molecule has 0 bridgehead atoms. The van der Waals surface area contributed by atoms with Crippen molar-refractivity contribution in [3.63, 3.8) is 0 Å². The molecule has 2 aromatic heterocycles. The first-order chi connectivity index (χ1) is 11.8. The average Bonchev–Trinajstić information content (AvgIpc) is 3.20. The van der Waals surface area contributed by atoms with E-state index in [4.69, 9.17) is 13.6 Å². The van der Waals surface area contributed by atoms with Gasteiger partial charge in [0.25, 0.3) is 0 Å². The van der Waals surface area contributed by atoms with E-state index in [1.165, 1.54) is 19.3 Å². The summed E-state index contributed by atoms with van der Waals surface area (Å²) in [6.07, 6.45) is 6.51. The Morgan fingerprint density at radius 2 is 2.12 bits per heavy atom. The van der Waals surface area contributed by atoms with Gasteiger partial charge >= 0.3 is 0 Å². The maximum Gasteiger partial charge on any atom is 0.132 e. The third-order valence-electron chi connectivity index (χ3n) is 4.73. The standard InChI is InChI=1S/C19H27NO4/c1-22-14-17-9-8-16(24-17)13-20-10-4-2-3-6-15(20)12-18(21)19-7-5-11-23-19/h5,7-9,11,15,18,21H,2-4,6,10,12-14H2,1H3. The lowest BCUT2D eigenvalue weighted by Crippen LogP contribution is -2.35. The molecular weight excluding hydrogens is 306 g/mol. The van der Waals surface area contributed by atoms with Crippen LogP contribution in [0.4, 0.5) is 0 Å². The van der Waals surface area contributed by atoms with Crippen LogP contribution < -0.4 is 0 Å². The molecule has 5 heteroatoms. The average molecular weight is 333 g/mol. The molecule has 132 valence electrons. The SMILES string of the molecule is COCc1ccc(CN2CCCCCC2CC(O)c2ccco2)o1. The highest BCUT2D eigenvalue weighted by Gasteiger charge is 2.26. The highest BCUT2D eigenvalue weighted by Crippen LogP contribution is 2.28. The lowest BCUT2D eigenvalue weighted by Gasteiger charge is -2.30. The second-order valence-electron chi connectivity index (χ2n) is 6.54. The number of hydrogen-bond donors (Lipinski definition) is 1. The van der Waals surface area contributed by atoms with Crippen molar-refractivity contribution >= 4 is 0 Å². The van der Waals surface area contributed by atoms with E-state index < -0.39 is 6.10 Å². The van der Waals surface area contributed by atoms with E-state index in [1.807, 2.05) is 24.3 Å². The van der Waals surface area contributed by atoms with Gasteiger partial charge in [-0.3, -0.25) is 4.90 Å². The van der Waals surface area contributed by atoms with Crippen molar-refractivity contribution in [2.45, 2.75) is 57.4 Å². The summed E-state index contributed by atoms with van der Waals surface area (Å²) in [4.78, 5) is 2.44. The molecule has 1 aliphatic rings. The number of aliphatic hydroxyl groups is 1. The molecule has 3 rings (SSSR count). The molecule has 5 nitrogen and oxygen atoms in total. The summed E-state index contributed by atoms with van der Waals surface area (Å²) >= 11 is 0. The molecule has 1 fully saturated rings. The van der Waals surface area contributed by atoms with Gasteiger partial charge in [0.05, 0.1) is 12.8 Å². The van der Waals surface area contributed by atoms with E-state index in [2.05, 4.69) is 4.90 Å². The Balaban J connectivity index is 1.65. The number of ether oxygens (including phenoxy) is 1. The zero-order valence-corrected chi connectivity index (χ0v) is 14.3. The van der Waals surface area contributed by atoms with Crippen LogP contribution in [0.25, 0.3) is 0 Å². The molecule has 1 aliphatic heterocycles. The number of hydrogen-bond acceptors (Lipinski definition) is 5. The molecule has 24 heavy (non-hydrogen) atoms. The van der Waals surface area contributed by atoms with Crippen LogP contribution >= 0.6 is 0 Å². The van der Waals surface area contributed by atoms with Gasteiger partial charge in [0.1, 0.15) is 30.0 Å². The van der Waals surface area contributed by atoms with Crippen molar-refractivity contribution in [3.8, 4) is 0 Å². The first-order valence-corrected chi connectivity index (χ1v) is 8.78. The topological polar surface area (TPSA) is 59.0 Å². The summed E-state index contributed by atoms with van der Waals surface area (Å²) < 4.78 is 16.3. The molecule has 0 amide bonds. The second-order valence-corrected chi connectivity index (χ2v) is 6.54. The largest absolute Gasteiger partial charge is 0.467 e. The van der Waals surface area contributed by atoms with Gasteiger partial charge in [0.15, 0.2) is 0 Å². The molecule has 0 spiro atoms. The van der Waals surface area contributed by atoms with Gasteiger partial charge in [-0.15, -0.1) is 0 Å². The number of likely N-dealkylation sites (tertiary alicyclic amines) is 1. The Morgan fingerprint density at radius 3 is 2.92 bits per heavy atom. The first-order valence-electron chi connectivity index (χ1n) is 8.78. The summed E-state index contributed by atoms with van der Waals surface area (Å²) in [6.45, 7) is 2.32. The zero-order valence-electron chi connectivity index (χ0n) is 14.3. The molecular formula is C19H27NO4. The molecule has 0 aliphatic carbocycles. The van der Waals surface area contributed by atoms with Crippen LogP contribution in [-0.4, -0.2) is 29.7 Å². The Labute approximate surface area is 143 Å². The Morgan fingerprint density at radius 1 is 1.25 bits per heavy atom. The van der Waals surface area contributed by atoms with Crippen LogP contribution in [0.5, 0.6) is 0 Å². The lowest BCUT2D eigenvalue weighted by atomic mass is 10.0. The van der Waals surface area contributed by atoms with E-state index in [0.717, 1.165) is 31.0 Å². The van der Waals surface area contributed by atoms with Gasteiger partial charge in [0, 0.05) is 13.2 Å². The monoisotopic (exact) mass is 333 g/mol. The molecule has 0 aromatic carbocycles. The van der Waals surface area contributed by atoms with E-state index in [9.17, 15) is 5.11 Å². The van der Waals surface area contributed by atoms with E-state index in [-0.39, 0.29) is 0 Å². The van der Waals surface area contributed by atoms with E-state index in [1.54, 1.807) is 13.4 Å². The molecule has 2 unspecified atom stereocenters. The molecule has 0 radical (unpaired) electrons. The van der Waals surface area contributed by atoms with Crippen LogP contribution in [-0.2, 0) is 17.9 Å². The van der Waals surface area contributed by atoms with Crippen LogP contribution in [0.1, 0.15) is 55.5 Å². The minimum Gasteiger partial charge on any atom is -0.467 e. The molecule has 2 aromatic rings. The summed E-state index contributed by atoms with van der Waals surface area (Å²) in [5.41, 5.74) is 0. The predicted octanol–water partition coefficient (Wildman–Crippen LogP) is 3.89. The molecule has 3 heterocycles. The summed E-state index contributed by atoms with van der Waals surface area (Å²) in [5.74, 6) is 2.47. The van der Waals surface area contributed by atoms with Crippen LogP contribution in [0.2, 0.25) is 0 Å². The minimum absolute atomic E-state index is 0.337. The molecule has 2 atom stereocenters. The normalized spacial score (nSPS) is 20.8. The van der Waals surface area contributed by atoms with Crippen molar-refractivity contribution < 1.29 is 18.7 Å². The number of methoxy groups -OCH3 is 1. The number of rotatable bonds is 7. The number of furan rings is 2. The Hall–Kier alpha value is -1.56. The molecule has 0 saturated carbocycles. The summed E-state index contributed by atoms with van der Waals surface area (Å²) in [5, 5.41) is 10.5. The molecule has 1 N–H and O–H groups in total. The van der Waals surface area contributed by atoms with E-state index >= 15 is 0 Å². The van der Waals surface area contributed by atoms with Crippen molar-refractivity contribution in [3.05, 3.63) is 47.8 Å². The highest BCUT2D eigenvalue weighted by molar-refractivity contribution is 5.07. The van der Waals surface area contributed by atoms with Gasteiger partial charge in [0.2, 0.25) is 0 Å². The lowest BCUT2D eigenvalue weighted by molar-refractivity contribution is 0.0789. The van der Waals surface area contributed by atoms with Gasteiger partial charge in [-0.25, -0.2) is 0 Å². The summed E-state index contributed by atoms with van der Waals surface area (Å²) in [6, 6.07) is 8.00. The summed E-state index contributed by atoms with van der Waals surface area (Å²) in [7, 11) is 1.67. The van der Waals surface area contributed by atoms with Crippen molar-refractivity contribution in [2.24, 2.45) is 0 Å². The minimum atomic E-state index is -0.550. The maximum atomic E-state index is 10.5. The Kier molecular flexibility index (Phi) is 6.12. The fraction of sp³-hybridized carbons (Fsp3) is 0.579. The first kappa shape index (κ1) is 17.3. The van der Waals surface area contributed by atoms with Crippen molar-refractivity contribution in [1.82, 2.24) is 4.90 Å². The Bertz CT molecular complexity index is 592. The second kappa shape index (κ2) is 8.51.